The predicted molar refractivity (Wildman–Crippen MR) is 64.0 cm³/mol. The molecule has 7 heteroatoms. The quantitative estimate of drug-likeness (QED) is 0.878. The summed E-state index contributed by atoms with van der Waals surface area (Å²) in [6.45, 7) is 0.406. The fraction of sp³-hybridized carbons (Fsp3) is 0.231. The second-order valence-corrected chi connectivity index (χ2v) is 4.07. The lowest BCUT2D eigenvalue weighted by atomic mass is 10.2. The van der Waals surface area contributed by atoms with Gasteiger partial charge in [-0.3, -0.25) is 9.97 Å². The number of rotatable bonds is 4. The number of nitrogens with zero attached hydrogens (tertiary/aromatic N) is 2. The van der Waals surface area contributed by atoms with Gasteiger partial charge < -0.3 is 5.32 Å². The normalized spacial score (nSPS) is 11.6. The Morgan fingerprint density at radius 1 is 1.05 bits per heavy atom. The number of hydrogen-bond donors (Lipinski definition) is 1. The molecule has 0 bridgehead atoms. The minimum Gasteiger partial charge on any atom is -0.305 e. The van der Waals surface area contributed by atoms with Gasteiger partial charge in [0, 0.05) is 25.5 Å². The van der Waals surface area contributed by atoms with Crippen LogP contribution in [0.15, 0.2) is 36.7 Å². The summed E-state index contributed by atoms with van der Waals surface area (Å²) in [6, 6.07) is 5.02. The maximum atomic E-state index is 13.3. The van der Waals surface area contributed by atoms with E-state index in [0.717, 1.165) is 12.3 Å². The second-order valence-electron chi connectivity index (χ2n) is 4.07. The van der Waals surface area contributed by atoms with E-state index in [4.69, 9.17) is 0 Å². The number of nitrogens with one attached hydrogen (secondary N) is 1. The fourth-order valence-electron chi connectivity index (χ4n) is 1.55. The van der Waals surface area contributed by atoms with E-state index in [1.165, 1.54) is 24.4 Å². The average Bonchev–Trinajstić information content (AvgIpc) is 2.40. The summed E-state index contributed by atoms with van der Waals surface area (Å²) < 4.78 is 50.3. The van der Waals surface area contributed by atoms with E-state index in [0.29, 0.717) is 5.69 Å². The van der Waals surface area contributed by atoms with E-state index in [1.807, 2.05) is 0 Å². The molecule has 3 nitrogen and oxygen atoms in total. The van der Waals surface area contributed by atoms with Gasteiger partial charge in [0.1, 0.15) is 5.82 Å². The SMILES string of the molecule is Fc1cccnc1CNCc1ccc(C(F)(F)F)cn1. The van der Waals surface area contributed by atoms with Gasteiger partial charge >= 0.3 is 6.18 Å². The van der Waals surface area contributed by atoms with Crippen molar-refractivity contribution in [2.24, 2.45) is 0 Å². The van der Waals surface area contributed by atoms with Crippen molar-refractivity contribution in [3.05, 3.63) is 59.4 Å². The Balaban J connectivity index is 1.90. The first kappa shape index (κ1) is 14.4. The number of aromatic nitrogens is 2. The molecule has 0 aliphatic heterocycles. The van der Waals surface area contributed by atoms with Gasteiger partial charge in [-0.05, 0) is 24.3 Å². The Morgan fingerprint density at radius 2 is 1.85 bits per heavy atom. The Kier molecular flexibility index (Phi) is 4.29. The smallest absolute Gasteiger partial charge is 0.305 e. The van der Waals surface area contributed by atoms with Crippen LogP contribution in [0.25, 0.3) is 0 Å². The van der Waals surface area contributed by atoms with Gasteiger partial charge in [0.05, 0.1) is 17.0 Å². The molecule has 0 spiro atoms. The lowest BCUT2D eigenvalue weighted by Gasteiger charge is -2.08. The number of alkyl halides is 3. The minimum absolute atomic E-state index is 0.176. The summed E-state index contributed by atoms with van der Waals surface area (Å²) >= 11 is 0. The van der Waals surface area contributed by atoms with Gasteiger partial charge in [-0.25, -0.2) is 4.39 Å². The maximum absolute atomic E-state index is 13.3. The largest absolute Gasteiger partial charge is 0.417 e. The van der Waals surface area contributed by atoms with Gasteiger partial charge in [0.2, 0.25) is 0 Å². The lowest BCUT2D eigenvalue weighted by molar-refractivity contribution is -0.137. The number of pyridine rings is 2. The Morgan fingerprint density at radius 3 is 2.45 bits per heavy atom. The summed E-state index contributed by atoms with van der Waals surface area (Å²) in [5.74, 6) is -0.430. The monoisotopic (exact) mass is 285 g/mol. The zero-order valence-corrected chi connectivity index (χ0v) is 10.3. The van der Waals surface area contributed by atoms with Crippen LogP contribution in [0.2, 0.25) is 0 Å². The molecular weight excluding hydrogens is 274 g/mol. The van der Waals surface area contributed by atoms with E-state index in [2.05, 4.69) is 15.3 Å². The molecule has 0 amide bonds. The minimum atomic E-state index is -4.39. The molecule has 0 aliphatic rings. The molecule has 0 aliphatic carbocycles. The fourth-order valence-corrected chi connectivity index (χ4v) is 1.55. The van der Waals surface area contributed by atoms with E-state index in [1.54, 1.807) is 0 Å². The van der Waals surface area contributed by atoms with Gasteiger partial charge in [-0.1, -0.05) is 0 Å². The van der Waals surface area contributed by atoms with Crippen LogP contribution in [0.3, 0.4) is 0 Å². The third kappa shape index (κ3) is 3.74. The molecule has 2 heterocycles. The van der Waals surface area contributed by atoms with Crippen molar-refractivity contribution in [3.8, 4) is 0 Å². The molecule has 20 heavy (non-hydrogen) atoms. The standard InChI is InChI=1S/C13H11F4N3/c14-11-2-1-5-19-12(11)8-18-7-10-4-3-9(6-20-10)13(15,16)17/h1-6,18H,7-8H2. The van der Waals surface area contributed by atoms with Gasteiger partial charge in [-0.15, -0.1) is 0 Å². The van der Waals surface area contributed by atoms with E-state index in [9.17, 15) is 17.6 Å². The van der Waals surface area contributed by atoms with Gasteiger partial charge in [0.15, 0.2) is 0 Å². The summed E-state index contributed by atoms with van der Waals surface area (Å²) in [7, 11) is 0. The third-order valence-corrected chi connectivity index (χ3v) is 2.59. The first-order chi connectivity index (χ1) is 9.47. The molecule has 0 saturated heterocycles. The van der Waals surface area contributed by atoms with Crippen LogP contribution in [0.5, 0.6) is 0 Å². The second kappa shape index (κ2) is 5.96. The molecule has 2 rings (SSSR count). The zero-order valence-electron chi connectivity index (χ0n) is 10.3. The van der Waals surface area contributed by atoms with Crippen LogP contribution in [-0.2, 0) is 19.3 Å². The summed E-state index contributed by atoms with van der Waals surface area (Å²) in [4.78, 5) is 7.55. The first-order valence-electron chi connectivity index (χ1n) is 5.79. The molecule has 0 aromatic carbocycles. The molecule has 0 unspecified atom stereocenters. The maximum Gasteiger partial charge on any atom is 0.417 e. The third-order valence-electron chi connectivity index (χ3n) is 2.59. The summed E-state index contributed by atoms with van der Waals surface area (Å²) in [5.41, 5.74) is -0.106. The predicted octanol–water partition coefficient (Wildman–Crippen LogP) is 2.92. The van der Waals surface area contributed by atoms with Crippen molar-refractivity contribution in [1.82, 2.24) is 15.3 Å². The molecule has 0 saturated carbocycles. The molecule has 1 N–H and O–H groups in total. The highest BCUT2D eigenvalue weighted by Crippen LogP contribution is 2.28. The number of hydrogen-bond acceptors (Lipinski definition) is 3. The summed E-state index contributed by atoms with van der Waals surface area (Å²) in [5, 5.41) is 2.87. The van der Waals surface area contributed by atoms with Crippen molar-refractivity contribution in [2.45, 2.75) is 19.3 Å². The van der Waals surface area contributed by atoms with Crippen molar-refractivity contribution in [1.29, 1.82) is 0 Å². The van der Waals surface area contributed by atoms with E-state index < -0.39 is 17.6 Å². The number of halogens is 4. The molecule has 0 radical (unpaired) electrons. The van der Waals surface area contributed by atoms with Crippen molar-refractivity contribution < 1.29 is 17.6 Å². The lowest BCUT2D eigenvalue weighted by Crippen LogP contribution is -2.16. The van der Waals surface area contributed by atoms with Gasteiger partial charge in [-0.2, -0.15) is 13.2 Å². The molecular formula is C13H11F4N3. The van der Waals surface area contributed by atoms with Crippen molar-refractivity contribution in [2.75, 3.05) is 0 Å². The van der Waals surface area contributed by atoms with Crippen molar-refractivity contribution >= 4 is 0 Å². The Hall–Kier alpha value is -2.02. The summed E-state index contributed by atoms with van der Waals surface area (Å²) in [6.07, 6.45) is -2.15. The van der Waals surface area contributed by atoms with Gasteiger partial charge in [0.25, 0.3) is 0 Å². The van der Waals surface area contributed by atoms with Crippen LogP contribution in [0.4, 0.5) is 17.6 Å². The highest BCUT2D eigenvalue weighted by atomic mass is 19.4. The molecule has 0 atom stereocenters. The van der Waals surface area contributed by atoms with Crippen LogP contribution in [-0.4, -0.2) is 9.97 Å². The first-order valence-corrected chi connectivity index (χ1v) is 5.79. The Bertz CT molecular complexity index is 567. The molecule has 2 aromatic heterocycles. The topological polar surface area (TPSA) is 37.8 Å². The average molecular weight is 285 g/mol. The molecule has 0 fully saturated rings. The molecule has 2 aromatic rings. The van der Waals surface area contributed by atoms with Crippen LogP contribution in [0, 0.1) is 5.82 Å². The van der Waals surface area contributed by atoms with Crippen LogP contribution >= 0.6 is 0 Å². The van der Waals surface area contributed by atoms with E-state index >= 15 is 0 Å². The highest BCUT2D eigenvalue weighted by Gasteiger charge is 2.30. The highest BCUT2D eigenvalue weighted by molar-refractivity contribution is 5.17. The molecule has 106 valence electrons. The van der Waals surface area contributed by atoms with E-state index in [-0.39, 0.29) is 18.8 Å². The van der Waals surface area contributed by atoms with Crippen LogP contribution in [0.1, 0.15) is 17.0 Å². The van der Waals surface area contributed by atoms with Crippen molar-refractivity contribution in [3.63, 3.8) is 0 Å². The zero-order chi connectivity index (χ0) is 14.6. The van der Waals surface area contributed by atoms with Crippen LogP contribution < -0.4 is 5.32 Å². The Labute approximate surface area is 112 Å².